The SMILES string of the molecule is CC.COC(=O)CCC/C=C\CC1CC2CC(C1NC(=O)c1csc3ccc(OC(C)=O)cc13)C2(C)C. The van der Waals surface area contributed by atoms with Crippen molar-refractivity contribution in [3.63, 3.8) is 0 Å². The summed E-state index contributed by atoms with van der Waals surface area (Å²) in [5.41, 5.74) is 0.869. The van der Waals surface area contributed by atoms with Crippen molar-refractivity contribution in [2.24, 2.45) is 23.2 Å². The van der Waals surface area contributed by atoms with Gasteiger partial charge in [0.05, 0.1) is 12.7 Å². The maximum Gasteiger partial charge on any atom is 0.308 e. The number of thiophene rings is 1. The first kappa shape index (κ1) is 28.9. The average Bonchev–Trinajstić information content (AvgIpc) is 3.30. The number of carbonyl (C=O) groups is 3. The van der Waals surface area contributed by atoms with Crippen LogP contribution >= 0.6 is 11.3 Å². The maximum absolute atomic E-state index is 13.5. The van der Waals surface area contributed by atoms with Crippen LogP contribution in [0.2, 0.25) is 0 Å². The van der Waals surface area contributed by atoms with Crippen LogP contribution in [0, 0.1) is 23.2 Å². The van der Waals surface area contributed by atoms with E-state index < -0.39 is 0 Å². The Morgan fingerprint density at radius 3 is 2.59 bits per heavy atom. The number of ether oxygens (including phenoxy) is 2. The van der Waals surface area contributed by atoms with Gasteiger partial charge in [-0.3, -0.25) is 14.4 Å². The summed E-state index contributed by atoms with van der Waals surface area (Å²) in [5.74, 6) is 1.40. The van der Waals surface area contributed by atoms with Crippen molar-refractivity contribution in [3.8, 4) is 5.75 Å². The van der Waals surface area contributed by atoms with Crippen molar-refractivity contribution in [3.05, 3.63) is 41.3 Å². The molecule has 3 fully saturated rings. The highest BCUT2D eigenvalue weighted by Crippen LogP contribution is 2.61. The molecule has 3 saturated carbocycles. The van der Waals surface area contributed by atoms with Gasteiger partial charge in [0.15, 0.2) is 0 Å². The van der Waals surface area contributed by atoms with E-state index in [0.29, 0.717) is 35.5 Å². The molecule has 202 valence electrons. The molecule has 0 spiro atoms. The lowest BCUT2D eigenvalue weighted by molar-refractivity contribution is -0.140. The van der Waals surface area contributed by atoms with Crippen LogP contribution in [-0.4, -0.2) is 31.0 Å². The second kappa shape index (κ2) is 12.7. The average molecular weight is 528 g/mol. The maximum atomic E-state index is 13.5. The Labute approximate surface area is 224 Å². The summed E-state index contributed by atoms with van der Waals surface area (Å²) in [6.45, 7) is 10.0. The van der Waals surface area contributed by atoms with E-state index in [-0.39, 0.29) is 29.3 Å². The quantitative estimate of drug-likeness (QED) is 0.166. The molecule has 0 radical (unpaired) electrons. The van der Waals surface area contributed by atoms with Crippen molar-refractivity contribution in [2.75, 3.05) is 7.11 Å². The number of hydrogen-bond acceptors (Lipinski definition) is 6. The number of rotatable bonds is 9. The molecule has 6 nitrogen and oxygen atoms in total. The number of nitrogens with one attached hydrogen (secondary N) is 1. The Morgan fingerprint density at radius 2 is 1.92 bits per heavy atom. The summed E-state index contributed by atoms with van der Waals surface area (Å²) in [6.07, 6.45) is 9.64. The summed E-state index contributed by atoms with van der Waals surface area (Å²) in [5, 5.41) is 6.12. The predicted octanol–water partition coefficient (Wildman–Crippen LogP) is 6.92. The second-order valence-corrected chi connectivity index (χ2v) is 11.3. The number of unbranched alkanes of at least 4 members (excludes halogenated alkanes) is 1. The van der Waals surface area contributed by atoms with Crippen LogP contribution in [0.5, 0.6) is 5.75 Å². The summed E-state index contributed by atoms with van der Waals surface area (Å²) >= 11 is 1.52. The first-order chi connectivity index (χ1) is 17.7. The van der Waals surface area contributed by atoms with Crippen LogP contribution in [0.1, 0.15) is 83.5 Å². The zero-order valence-electron chi connectivity index (χ0n) is 23.0. The summed E-state index contributed by atoms with van der Waals surface area (Å²) in [7, 11) is 1.42. The number of methoxy groups -OCH3 is 1. The van der Waals surface area contributed by atoms with Gasteiger partial charge in [-0.2, -0.15) is 0 Å². The van der Waals surface area contributed by atoms with Crippen molar-refractivity contribution in [1.82, 2.24) is 5.32 Å². The van der Waals surface area contributed by atoms with Gasteiger partial charge in [-0.05, 0) is 73.5 Å². The van der Waals surface area contributed by atoms with Crippen molar-refractivity contribution in [1.29, 1.82) is 0 Å². The molecule has 3 aliphatic carbocycles. The van der Waals surface area contributed by atoms with Crippen LogP contribution in [0.3, 0.4) is 0 Å². The largest absolute Gasteiger partial charge is 0.469 e. The van der Waals surface area contributed by atoms with Gasteiger partial charge in [0.1, 0.15) is 5.75 Å². The molecule has 1 heterocycles. The lowest BCUT2D eigenvalue weighted by Gasteiger charge is -2.62. The monoisotopic (exact) mass is 527 g/mol. The van der Waals surface area contributed by atoms with Gasteiger partial charge in [-0.15, -0.1) is 11.3 Å². The first-order valence-corrected chi connectivity index (χ1v) is 14.3. The van der Waals surface area contributed by atoms with Crippen LogP contribution in [-0.2, 0) is 14.3 Å². The molecule has 2 bridgehead atoms. The van der Waals surface area contributed by atoms with E-state index in [1.165, 1.54) is 25.4 Å². The van der Waals surface area contributed by atoms with E-state index in [1.807, 2.05) is 25.3 Å². The van der Waals surface area contributed by atoms with Gasteiger partial charge < -0.3 is 14.8 Å². The fourth-order valence-electron chi connectivity index (χ4n) is 5.87. The number of carbonyl (C=O) groups excluding carboxylic acids is 3. The third-order valence-corrected chi connectivity index (χ3v) is 8.97. The minimum atomic E-state index is -0.379. The molecule has 4 atom stereocenters. The molecule has 1 amide bonds. The zero-order chi connectivity index (χ0) is 27.2. The van der Waals surface area contributed by atoms with Crippen molar-refractivity contribution < 1.29 is 23.9 Å². The lowest BCUT2D eigenvalue weighted by Crippen LogP contribution is -2.63. The van der Waals surface area contributed by atoms with E-state index >= 15 is 0 Å². The Hall–Kier alpha value is -2.67. The minimum absolute atomic E-state index is 0.0607. The lowest BCUT2D eigenvalue weighted by atomic mass is 9.44. The Bertz CT molecular complexity index is 1130. The number of allylic oxidation sites excluding steroid dienone is 2. The number of amides is 1. The zero-order valence-corrected chi connectivity index (χ0v) is 23.8. The predicted molar refractivity (Wildman–Crippen MR) is 149 cm³/mol. The minimum Gasteiger partial charge on any atom is -0.469 e. The van der Waals surface area contributed by atoms with Crippen molar-refractivity contribution >= 4 is 39.3 Å². The van der Waals surface area contributed by atoms with Gasteiger partial charge in [0, 0.05) is 34.9 Å². The van der Waals surface area contributed by atoms with E-state index in [9.17, 15) is 14.4 Å². The smallest absolute Gasteiger partial charge is 0.308 e. The highest BCUT2D eigenvalue weighted by Gasteiger charge is 2.57. The van der Waals surface area contributed by atoms with Gasteiger partial charge in [-0.25, -0.2) is 0 Å². The van der Waals surface area contributed by atoms with Gasteiger partial charge >= 0.3 is 11.9 Å². The highest BCUT2D eigenvalue weighted by atomic mass is 32.1. The molecule has 0 saturated heterocycles. The molecule has 1 N–H and O–H groups in total. The fraction of sp³-hybridized carbons (Fsp3) is 0.567. The van der Waals surface area contributed by atoms with Gasteiger partial charge in [0.25, 0.3) is 5.91 Å². The number of fused-ring (bicyclic) bond motifs is 3. The fourth-order valence-corrected chi connectivity index (χ4v) is 6.79. The molecule has 5 rings (SSSR count). The Morgan fingerprint density at radius 1 is 1.16 bits per heavy atom. The number of esters is 2. The highest BCUT2D eigenvalue weighted by molar-refractivity contribution is 7.17. The molecule has 37 heavy (non-hydrogen) atoms. The molecular formula is C30H41NO5S. The van der Waals surface area contributed by atoms with Crippen LogP contribution < -0.4 is 10.1 Å². The summed E-state index contributed by atoms with van der Waals surface area (Å²) < 4.78 is 10.9. The number of benzene rings is 1. The van der Waals surface area contributed by atoms with E-state index in [0.717, 1.165) is 42.2 Å². The van der Waals surface area contributed by atoms with Crippen LogP contribution in [0.15, 0.2) is 35.7 Å². The van der Waals surface area contributed by atoms with Crippen molar-refractivity contribution in [2.45, 2.75) is 79.2 Å². The van der Waals surface area contributed by atoms with E-state index in [4.69, 9.17) is 9.47 Å². The van der Waals surface area contributed by atoms with Gasteiger partial charge in [0.2, 0.25) is 0 Å². The molecular weight excluding hydrogens is 486 g/mol. The third-order valence-electron chi connectivity index (χ3n) is 8.01. The molecule has 7 heteroatoms. The standard InChI is InChI=1S/C28H35NO5S.C2H6/c1-17(30)34-20-11-12-24-21(15-20)22(16-35-24)27(32)29-26-18(13-19-14-23(26)28(19,2)3)9-7-5-6-8-10-25(31)33-4;1-2/h5,7,11-12,15-16,18-19,23,26H,6,8-10,13-14H2,1-4H3,(H,29,32);1-2H3/b7-5-;. The first-order valence-electron chi connectivity index (χ1n) is 13.4. The van der Waals surface area contributed by atoms with Crippen LogP contribution in [0.25, 0.3) is 10.1 Å². The van der Waals surface area contributed by atoms with Crippen LogP contribution in [0.4, 0.5) is 0 Å². The molecule has 1 aromatic carbocycles. The molecule has 4 unspecified atom stereocenters. The Kier molecular flexibility index (Phi) is 9.93. The topological polar surface area (TPSA) is 81.7 Å². The molecule has 3 aliphatic rings. The van der Waals surface area contributed by atoms with E-state index in [2.05, 4.69) is 31.3 Å². The van der Waals surface area contributed by atoms with Gasteiger partial charge in [-0.1, -0.05) is 39.8 Å². The molecule has 2 aromatic rings. The third kappa shape index (κ3) is 6.61. The normalized spacial score (nSPS) is 23.5. The van der Waals surface area contributed by atoms with E-state index in [1.54, 1.807) is 12.1 Å². The number of hydrogen-bond donors (Lipinski definition) is 1. The summed E-state index contributed by atoms with van der Waals surface area (Å²) in [4.78, 5) is 36.1. The molecule has 1 aromatic heterocycles. The Balaban J connectivity index is 0.00000186. The summed E-state index contributed by atoms with van der Waals surface area (Å²) in [6, 6.07) is 5.55. The molecule has 0 aliphatic heterocycles. The second-order valence-electron chi connectivity index (χ2n) is 10.4.